The Hall–Kier alpha value is -2.44. The summed E-state index contributed by atoms with van der Waals surface area (Å²) in [6.07, 6.45) is 2.62. The summed E-state index contributed by atoms with van der Waals surface area (Å²) >= 11 is 0. The third kappa shape index (κ3) is 3.06. The lowest BCUT2D eigenvalue weighted by molar-refractivity contribution is 0.0286. The summed E-state index contributed by atoms with van der Waals surface area (Å²) in [6.45, 7) is 6.07. The van der Waals surface area contributed by atoms with E-state index in [0.29, 0.717) is 29.8 Å². The highest BCUT2D eigenvalue weighted by Gasteiger charge is 2.23. The molecule has 3 heterocycles. The predicted molar refractivity (Wildman–Crippen MR) is 98.0 cm³/mol. The maximum Gasteiger partial charge on any atom is 0.137 e. The number of aromatic hydroxyl groups is 1. The fraction of sp³-hybridized carbons (Fsp3) is 0.350. The fourth-order valence-corrected chi connectivity index (χ4v) is 3.58. The number of nitrogens with zero attached hydrogens (tertiary/aromatic N) is 2. The number of hydrogen-bond donors (Lipinski definition) is 2. The standard InChI is InChI=1S/C20H22FN3O2/c1-12-3-5-24-17(10-15-11-22-4-6-26-15)20(23-18(24)7-12)19-13(2)8-14(25)9-16(19)21/h3,5,7-9,15,22,25H,4,6,10-11H2,1-2H3. The number of imidazole rings is 1. The molecule has 6 heteroatoms. The number of fused-ring (bicyclic) bond motifs is 1. The molecule has 1 atom stereocenters. The van der Waals surface area contributed by atoms with Crippen LogP contribution in [0.5, 0.6) is 5.75 Å². The van der Waals surface area contributed by atoms with E-state index < -0.39 is 5.82 Å². The Kier molecular flexibility index (Phi) is 4.38. The van der Waals surface area contributed by atoms with Gasteiger partial charge in [-0.15, -0.1) is 0 Å². The molecule has 1 saturated heterocycles. The first kappa shape index (κ1) is 17.0. The number of halogens is 1. The molecule has 4 rings (SSSR count). The van der Waals surface area contributed by atoms with Gasteiger partial charge in [-0.05, 0) is 43.2 Å². The summed E-state index contributed by atoms with van der Waals surface area (Å²) in [5.41, 5.74) is 4.50. The van der Waals surface area contributed by atoms with Crippen LogP contribution >= 0.6 is 0 Å². The Balaban J connectivity index is 1.89. The van der Waals surface area contributed by atoms with Gasteiger partial charge in [0.15, 0.2) is 0 Å². The van der Waals surface area contributed by atoms with Gasteiger partial charge in [0.1, 0.15) is 17.2 Å². The second kappa shape index (κ2) is 6.70. The molecule has 26 heavy (non-hydrogen) atoms. The number of aromatic nitrogens is 2. The van der Waals surface area contributed by atoms with Crippen LogP contribution in [0, 0.1) is 19.7 Å². The molecule has 0 bridgehead atoms. The van der Waals surface area contributed by atoms with Crippen molar-refractivity contribution in [2.75, 3.05) is 19.7 Å². The number of phenols is 1. The lowest BCUT2D eigenvalue weighted by Crippen LogP contribution is -2.39. The summed E-state index contributed by atoms with van der Waals surface area (Å²) in [6, 6.07) is 6.71. The smallest absolute Gasteiger partial charge is 0.137 e. The highest BCUT2D eigenvalue weighted by atomic mass is 19.1. The van der Waals surface area contributed by atoms with Gasteiger partial charge in [-0.25, -0.2) is 9.37 Å². The number of phenolic OH excluding ortho intramolecular Hbond substituents is 1. The molecule has 0 amide bonds. The monoisotopic (exact) mass is 355 g/mol. The quantitative estimate of drug-likeness (QED) is 0.758. The van der Waals surface area contributed by atoms with E-state index in [1.54, 1.807) is 13.0 Å². The van der Waals surface area contributed by atoms with Crippen LogP contribution in [0.4, 0.5) is 4.39 Å². The molecule has 1 aliphatic rings. The van der Waals surface area contributed by atoms with E-state index in [9.17, 15) is 9.50 Å². The molecule has 2 N–H and O–H groups in total. The first-order valence-corrected chi connectivity index (χ1v) is 8.82. The van der Waals surface area contributed by atoms with Gasteiger partial charge in [0.25, 0.3) is 0 Å². The minimum absolute atomic E-state index is 0.0178. The second-order valence-electron chi connectivity index (χ2n) is 6.86. The number of aryl methyl sites for hydroxylation is 2. The largest absolute Gasteiger partial charge is 0.508 e. The van der Waals surface area contributed by atoms with Crippen LogP contribution in [0.3, 0.4) is 0 Å². The van der Waals surface area contributed by atoms with Crippen LogP contribution < -0.4 is 5.32 Å². The molecule has 0 radical (unpaired) electrons. The fourth-order valence-electron chi connectivity index (χ4n) is 3.58. The number of hydrogen-bond acceptors (Lipinski definition) is 4. The van der Waals surface area contributed by atoms with Crippen molar-refractivity contribution in [1.82, 2.24) is 14.7 Å². The maximum atomic E-state index is 14.7. The highest BCUT2D eigenvalue weighted by molar-refractivity contribution is 5.71. The molecule has 0 saturated carbocycles. The average Bonchev–Trinajstić information content (AvgIpc) is 2.92. The summed E-state index contributed by atoms with van der Waals surface area (Å²) in [5, 5.41) is 13.0. The van der Waals surface area contributed by atoms with Gasteiger partial charge in [0.2, 0.25) is 0 Å². The third-order valence-corrected chi connectivity index (χ3v) is 4.81. The Morgan fingerprint density at radius 1 is 1.35 bits per heavy atom. The van der Waals surface area contributed by atoms with Crippen LogP contribution in [0.2, 0.25) is 0 Å². The van der Waals surface area contributed by atoms with Gasteiger partial charge >= 0.3 is 0 Å². The minimum Gasteiger partial charge on any atom is -0.508 e. The molecule has 0 aliphatic carbocycles. The number of benzene rings is 1. The van der Waals surface area contributed by atoms with E-state index in [0.717, 1.165) is 36.1 Å². The Bertz CT molecular complexity index is 938. The Morgan fingerprint density at radius 3 is 2.92 bits per heavy atom. The zero-order valence-electron chi connectivity index (χ0n) is 14.9. The summed E-state index contributed by atoms with van der Waals surface area (Å²) in [4.78, 5) is 4.73. The van der Waals surface area contributed by atoms with E-state index in [4.69, 9.17) is 9.72 Å². The Morgan fingerprint density at radius 2 is 2.19 bits per heavy atom. The Labute approximate surface area is 151 Å². The van der Waals surface area contributed by atoms with Crippen molar-refractivity contribution in [3.63, 3.8) is 0 Å². The van der Waals surface area contributed by atoms with E-state index in [1.165, 1.54) is 0 Å². The molecule has 1 aromatic carbocycles. The number of pyridine rings is 1. The van der Waals surface area contributed by atoms with E-state index in [2.05, 4.69) is 5.32 Å². The predicted octanol–water partition coefficient (Wildman–Crippen LogP) is 2.99. The molecule has 5 nitrogen and oxygen atoms in total. The van der Waals surface area contributed by atoms with Crippen molar-refractivity contribution in [3.05, 3.63) is 53.1 Å². The summed E-state index contributed by atoms with van der Waals surface area (Å²) in [7, 11) is 0. The molecule has 1 fully saturated rings. The zero-order valence-corrected chi connectivity index (χ0v) is 14.9. The topological polar surface area (TPSA) is 58.8 Å². The van der Waals surface area contributed by atoms with Gasteiger partial charge in [-0.1, -0.05) is 0 Å². The molecule has 1 unspecified atom stereocenters. The van der Waals surface area contributed by atoms with Crippen molar-refractivity contribution in [2.45, 2.75) is 26.4 Å². The van der Waals surface area contributed by atoms with Crippen molar-refractivity contribution in [3.8, 4) is 17.0 Å². The summed E-state index contributed by atoms with van der Waals surface area (Å²) in [5.74, 6) is -0.545. The average molecular weight is 355 g/mol. The van der Waals surface area contributed by atoms with Gasteiger partial charge < -0.3 is 19.6 Å². The molecule has 0 spiro atoms. The summed E-state index contributed by atoms with van der Waals surface area (Å²) < 4.78 is 22.6. The van der Waals surface area contributed by atoms with Gasteiger partial charge in [-0.2, -0.15) is 0 Å². The van der Waals surface area contributed by atoms with Gasteiger partial charge in [0.05, 0.1) is 24.1 Å². The molecule has 2 aromatic heterocycles. The van der Waals surface area contributed by atoms with Crippen LogP contribution in [-0.4, -0.2) is 40.3 Å². The highest BCUT2D eigenvalue weighted by Crippen LogP contribution is 2.33. The van der Waals surface area contributed by atoms with Crippen molar-refractivity contribution in [1.29, 1.82) is 0 Å². The molecular weight excluding hydrogens is 333 g/mol. The van der Waals surface area contributed by atoms with Gasteiger partial charge in [0, 0.05) is 37.3 Å². The van der Waals surface area contributed by atoms with E-state index >= 15 is 0 Å². The first-order chi connectivity index (χ1) is 12.5. The number of morpholine rings is 1. The van der Waals surface area contributed by atoms with Crippen LogP contribution in [-0.2, 0) is 11.2 Å². The number of ether oxygens (including phenoxy) is 1. The second-order valence-corrected chi connectivity index (χ2v) is 6.86. The van der Waals surface area contributed by atoms with E-state index in [1.807, 2.05) is 29.7 Å². The minimum atomic E-state index is -0.466. The molecular formula is C20H22FN3O2. The van der Waals surface area contributed by atoms with Crippen molar-refractivity contribution in [2.24, 2.45) is 0 Å². The normalized spacial score (nSPS) is 17.7. The molecule has 3 aromatic rings. The number of rotatable bonds is 3. The molecule has 1 aliphatic heterocycles. The lowest BCUT2D eigenvalue weighted by Gasteiger charge is -2.24. The van der Waals surface area contributed by atoms with Crippen molar-refractivity contribution >= 4 is 5.65 Å². The lowest BCUT2D eigenvalue weighted by atomic mass is 10.0. The van der Waals surface area contributed by atoms with E-state index in [-0.39, 0.29) is 11.9 Å². The molecule has 136 valence electrons. The van der Waals surface area contributed by atoms with Crippen molar-refractivity contribution < 1.29 is 14.2 Å². The zero-order chi connectivity index (χ0) is 18.3. The first-order valence-electron chi connectivity index (χ1n) is 8.82. The van der Waals surface area contributed by atoms with Crippen LogP contribution in [0.25, 0.3) is 16.9 Å². The SMILES string of the molecule is Cc1ccn2c(CC3CNCCO3)c(-c3c(C)cc(O)cc3F)nc2c1. The number of nitrogens with one attached hydrogen (secondary N) is 1. The van der Waals surface area contributed by atoms with Crippen LogP contribution in [0.15, 0.2) is 30.5 Å². The van der Waals surface area contributed by atoms with Crippen LogP contribution in [0.1, 0.15) is 16.8 Å². The maximum absolute atomic E-state index is 14.7. The third-order valence-electron chi connectivity index (χ3n) is 4.81. The van der Waals surface area contributed by atoms with Gasteiger partial charge in [-0.3, -0.25) is 0 Å².